The predicted molar refractivity (Wildman–Crippen MR) is 25.2 cm³/mol. The van der Waals surface area contributed by atoms with Crippen LogP contribution >= 0.6 is 8.25 Å². The molecule has 0 spiro atoms. The fourth-order valence-electron chi connectivity index (χ4n) is 0.185. The summed E-state index contributed by atoms with van der Waals surface area (Å²) in [4.78, 5) is 9.61. The quantitative estimate of drug-likeness (QED) is 0.318. The van der Waals surface area contributed by atoms with Gasteiger partial charge in [0.15, 0.2) is 0 Å². The fourth-order valence-corrected chi connectivity index (χ4v) is 0.556. The molecule has 0 aromatic rings. The third-order valence-corrected chi connectivity index (χ3v) is 0.864. The molecule has 0 aliphatic carbocycles. The molecular weight excluding hydrogens is 138 g/mol. The summed E-state index contributed by atoms with van der Waals surface area (Å²) in [6.07, 6.45) is 0.749. The van der Waals surface area contributed by atoms with Crippen LogP contribution in [-0.4, -0.2) is 6.61 Å². The van der Waals surface area contributed by atoms with E-state index in [4.69, 9.17) is 0 Å². The van der Waals surface area contributed by atoms with E-state index < -0.39 is 8.25 Å². The molecule has 0 amide bonds. The van der Waals surface area contributed by atoms with Crippen LogP contribution in [0.5, 0.6) is 0 Å². The molecule has 0 saturated carbocycles. The molecule has 1 atom stereocenters. The molecule has 0 bridgehead atoms. The van der Waals surface area contributed by atoms with Gasteiger partial charge in [0, 0.05) is 0 Å². The molecule has 5 heteroatoms. The minimum absolute atomic E-state index is 0. The maximum atomic E-state index is 9.61. The van der Waals surface area contributed by atoms with E-state index >= 15 is 0 Å². The van der Waals surface area contributed by atoms with Gasteiger partial charge in [-0.1, -0.05) is 6.92 Å². The SMILES string of the molecule is CCCO[PH](=O)[O-].[Na+]. The molecule has 0 rings (SSSR count). The van der Waals surface area contributed by atoms with Crippen molar-refractivity contribution in [3.05, 3.63) is 0 Å². The molecule has 0 radical (unpaired) electrons. The second-order valence-electron chi connectivity index (χ2n) is 1.10. The summed E-state index contributed by atoms with van der Waals surface area (Å²) in [5, 5.41) is 0. The van der Waals surface area contributed by atoms with Crippen LogP contribution in [0, 0.1) is 0 Å². The summed E-state index contributed by atoms with van der Waals surface area (Å²) in [5.41, 5.74) is 0. The van der Waals surface area contributed by atoms with E-state index in [1.54, 1.807) is 0 Å². The Labute approximate surface area is 71.7 Å². The molecule has 0 heterocycles. The number of hydrogen-bond donors (Lipinski definition) is 0. The van der Waals surface area contributed by atoms with E-state index in [2.05, 4.69) is 4.52 Å². The van der Waals surface area contributed by atoms with Crippen LogP contribution in [0.15, 0.2) is 0 Å². The largest absolute Gasteiger partial charge is 1.00 e. The summed E-state index contributed by atoms with van der Waals surface area (Å²) in [6, 6.07) is 0. The summed E-state index contributed by atoms with van der Waals surface area (Å²) in [6.45, 7) is 2.17. The summed E-state index contributed by atoms with van der Waals surface area (Å²) >= 11 is 0. The maximum Gasteiger partial charge on any atom is 1.00 e. The van der Waals surface area contributed by atoms with Crippen LogP contribution in [-0.2, 0) is 9.09 Å². The third kappa shape index (κ3) is 10.2. The van der Waals surface area contributed by atoms with Crippen molar-refractivity contribution in [1.29, 1.82) is 0 Å². The normalized spacial score (nSPS) is 12.2. The standard InChI is InChI=1S/C3H9O3P.Na/c1-2-3-6-7(4)5;/h7H,2-3H2,1H3,(H,4,5);/q;+1/p-1. The number of rotatable bonds is 3. The summed E-state index contributed by atoms with van der Waals surface area (Å²) in [5.74, 6) is 0. The van der Waals surface area contributed by atoms with Gasteiger partial charge in [-0.2, -0.15) is 0 Å². The van der Waals surface area contributed by atoms with Gasteiger partial charge in [-0.25, -0.2) is 0 Å². The van der Waals surface area contributed by atoms with Crippen molar-refractivity contribution in [3.63, 3.8) is 0 Å². The molecule has 0 fully saturated rings. The Morgan fingerprint density at radius 3 is 2.38 bits per heavy atom. The minimum Gasteiger partial charge on any atom is -0.781 e. The smallest absolute Gasteiger partial charge is 0.781 e. The van der Waals surface area contributed by atoms with Crippen LogP contribution in [0.2, 0.25) is 0 Å². The van der Waals surface area contributed by atoms with Crippen molar-refractivity contribution in [2.24, 2.45) is 0 Å². The molecule has 0 aliphatic heterocycles. The zero-order valence-electron chi connectivity index (χ0n) is 5.14. The molecule has 1 unspecified atom stereocenters. The molecule has 0 aromatic heterocycles. The van der Waals surface area contributed by atoms with Gasteiger partial charge in [-0.3, -0.25) is 0 Å². The molecule has 3 nitrogen and oxygen atoms in total. The van der Waals surface area contributed by atoms with Crippen LogP contribution in [0.4, 0.5) is 0 Å². The maximum absolute atomic E-state index is 9.61. The minimum atomic E-state index is -2.90. The number of hydrogen-bond acceptors (Lipinski definition) is 3. The molecule has 0 aliphatic rings. The van der Waals surface area contributed by atoms with Gasteiger partial charge in [-0.15, -0.1) is 0 Å². The van der Waals surface area contributed by atoms with E-state index in [9.17, 15) is 9.46 Å². The zero-order chi connectivity index (χ0) is 5.70. The molecule has 0 saturated heterocycles. The van der Waals surface area contributed by atoms with Crippen molar-refractivity contribution in [2.75, 3.05) is 6.61 Å². The average Bonchev–Trinajstić information content (AvgIpc) is 1.61. The fraction of sp³-hybridized carbons (Fsp3) is 1.00. The summed E-state index contributed by atoms with van der Waals surface area (Å²) in [7, 11) is -2.90. The molecular formula is C3H8NaO3P. The molecule has 0 N–H and O–H groups in total. The molecule has 44 valence electrons. The van der Waals surface area contributed by atoms with Gasteiger partial charge >= 0.3 is 29.6 Å². The molecule has 8 heavy (non-hydrogen) atoms. The third-order valence-electron chi connectivity index (χ3n) is 0.424. The van der Waals surface area contributed by atoms with E-state index in [0.717, 1.165) is 6.42 Å². The van der Waals surface area contributed by atoms with E-state index in [1.165, 1.54) is 0 Å². The van der Waals surface area contributed by atoms with Crippen molar-refractivity contribution in [1.82, 2.24) is 0 Å². The van der Waals surface area contributed by atoms with Gasteiger partial charge in [0.25, 0.3) is 0 Å². The van der Waals surface area contributed by atoms with Crippen molar-refractivity contribution >= 4 is 8.25 Å². The van der Waals surface area contributed by atoms with Gasteiger partial charge in [-0.05, 0) is 6.42 Å². The predicted octanol–water partition coefficient (Wildman–Crippen LogP) is -2.83. The summed E-state index contributed by atoms with van der Waals surface area (Å²) < 4.78 is 13.8. The van der Waals surface area contributed by atoms with Crippen LogP contribution < -0.4 is 34.5 Å². The first-order chi connectivity index (χ1) is 3.27. The van der Waals surface area contributed by atoms with E-state index in [1.807, 2.05) is 6.92 Å². The first-order valence-corrected chi connectivity index (χ1v) is 3.33. The van der Waals surface area contributed by atoms with Gasteiger partial charge in [0.1, 0.15) is 8.25 Å². The van der Waals surface area contributed by atoms with E-state index in [-0.39, 0.29) is 29.6 Å². The Balaban J connectivity index is 0. The Morgan fingerprint density at radius 1 is 1.75 bits per heavy atom. The Bertz CT molecular complexity index is 67.5. The monoisotopic (exact) mass is 146 g/mol. The Hall–Kier alpha value is 1.15. The first-order valence-electron chi connectivity index (χ1n) is 2.11. The topological polar surface area (TPSA) is 49.4 Å². The van der Waals surface area contributed by atoms with Crippen LogP contribution in [0.25, 0.3) is 0 Å². The van der Waals surface area contributed by atoms with E-state index in [0.29, 0.717) is 6.61 Å². The van der Waals surface area contributed by atoms with Gasteiger partial charge in [0.05, 0.1) is 6.61 Å². The Morgan fingerprint density at radius 2 is 2.25 bits per heavy atom. The average molecular weight is 146 g/mol. The first kappa shape index (κ1) is 11.9. The second-order valence-corrected chi connectivity index (χ2v) is 1.89. The molecule has 0 aromatic carbocycles. The Kier molecular flexibility index (Phi) is 12.1. The van der Waals surface area contributed by atoms with Gasteiger partial charge in [0.2, 0.25) is 0 Å². The van der Waals surface area contributed by atoms with Crippen molar-refractivity contribution in [3.8, 4) is 0 Å². The van der Waals surface area contributed by atoms with Crippen LogP contribution in [0.1, 0.15) is 13.3 Å². The van der Waals surface area contributed by atoms with Crippen molar-refractivity contribution < 1.29 is 43.5 Å². The van der Waals surface area contributed by atoms with Crippen molar-refractivity contribution in [2.45, 2.75) is 13.3 Å². The second kappa shape index (κ2) is 8.15. The van der Waals surface area contributed by atoms with Gasteiger partial charge < -0.3 is 14.0 Å². The van der Waals surface area contributed by atoms with Crippen LogP contribution in [0.3, 0.4) is 0 Å². The zero-order valence-corrected chi connectivity index (χ0v) is 8.14.